The number of thioether (sulfide) groups is 1. The predicted molar refractivity (Wildman–Crippen MR) is 109 cm³/mol. The van der Waals surface area contributed by atoms with Crippen LogP contribution in [0.5, 0.6) is 0 Å². The molecule has 2 rings (SSSR count). The summed E-state index contributed by atoms with van der Waals surface area (Å²) in [5, 5.41) is 5.37. The average Bonchev–Trinajstić information content (AvgIpc) is 2.63. The van der Waals surface area contributed by atoms with Crippen LogP contribution in [0.1, 0.15) is 12.0 Å². The zero-order valence-electron chi connectivity index (χ0n) is 15.4. The van der Waals surface area contributed by atoms with Gasteiger partial charge in [-0.15, -0.1) is 0 Å². The fourth-order valence-electron chi connectivity index (χ4n) is 2.53. The van der Waals surface area contributed by atoms with Crippen LogP contribution in [0.2, 0.25) is 0 Å². The highest BCUT2D eigenvalue weighted by atomic mass is 32.2. The minimum atomic E-state index is -3.20. The molecule has 150 valence electrons. The molecule has 0 bridgehead atoms. The van der Waals surface area contributed by atoms with Crippen LogP contribution < -0.4 is 15.4 Å². The molecule has 1 aliphatic heterocycles. The fraction of sp³-hybridized carbons (Fsp3) is 0.529. The Hall–Kier alpha value is -1.78. The van der Waals surface area contributed by atoms with Gasteiger partial charge in [0.25, 0.3) is 0 Å². The van der Waals surface area contributed by atoms with E-state index in [1.165, 1.54) is 0 Å². The van der Waals surface area contributed by atoms with Crippen LogP contribution in [0.3, 0.4) is 0 Å². The maximum absolute atomic E-state index is 12.3. The molecule has 0 aromatic heterocycles. The summed E-state index contributed by atoms with van der Waals surface area (Å²) < 4.78 is 24.2. The first-order chi connectivity index (χ1) is 12.8. The van der Waals surface area contributed by atoms with Crippen LogP contribution in [0, 0.1) is 0 Å². The summed E-state index contributed by atoms with van der Waals surface area (Å²) in [6.45, 7) is 2.25. The molecule has 0 atom stereocenters. The highest BCUT2D eigenvalue weighted by molar-refractivity contribution is 7.99. The minimum absolute atomic E-state index is 0.136. The van der Waals surface area contributed by atoms with Gasteiger partial charge in [0.2, 0.25) is 15.9 Å². The SMILES string of the molecule is CS(=O)(=O)NCCCNC(=O)Nc1ccc(CC(=O)N2CCSCC2)cc1. The molecule has 1 heterocycles. The lowest BCUT2D eigenvalue weighted by molar-refractivity contribution is -0.130. The number of carbonyl (C=O) groups is 2. The van der Waals surface area contributed by atoms with E-state index in [1.54, 1.807) is 12.1 Å². The molecule has 0 saturated carbocycles. The number of rotatable bonds is 8. The van der Waals surface area contributed by atoms with Gasteiger partial charge in [0.05, 0.1) is 12.7 Å². The summed E-state index contributed by atoms with van der Waals surface area (Å²) in [5.74, 6) is 2.12. The Balaban J connectivity index is 1.69. The number of carbonyl (C=O) groups excluding carboxylic acids is 2. The molecular weight excluding hydrogens is 388 g/mol. The molecule has 0 spiro atoms. The van der Waals surface area contributed by atoms with Gasteiger partial charge in [-0.3, -0.25) is 4.79 Å². The maximum Gasteiger partial charge on any atom is 0.319 e. The number of nitrogens with zero attached hydrogens (tertiary/aromatic N) is 1. The van der Waals surface area contributed by atoms with Crippen molar-refractivity contribution in [1.29, 1.82) is 0 Å². The lowest BCUT2D eigenvalue weighted by Crippen LogP contribution is -2.38. The Labute approximate surface area is 164 Å². The second-order valence-corrected chi connectivity index (χ2v) is 9.33. The van der Waals surface area contributed by atoms with E-state index in [0.29, 0.717) is 25.1 Å². The van der Waals surface area contributed by atoms with Gasteiger partial charge in [0, 0.05) is 43.4 Å². The van der Waals surface area contributed by atoms with Gasteiger partial charge in [-0.25, -0.2) is 17.9 Å². The molecule has 3 N–H and O–H groups in total. The molecule has 1 aromatic rings. The molecule has 8 nitrogen and oxygen atoms in total. The third kappa shape index (κ3) is 8.63. The molecule has 1 aromatic carbocycles. The summed E-state index contributed by atoms with van der Waals surface area (Å²) in [5.41, 5.74) is 1.54. The van der Waals surface area contributed by atoms with E-state index in [2.05, 4.69) is 15.4 Å². The molecule has 1 fully saturated rings. The van der Waals surface area contributed by atoms with Gasteiger partial charge < -0.3 is 15.5 Å². The highest BCUT2D eigenvalue weighted by Crippen LogP contribution is 2.13. The standard InChI is InChI=1S/C17H26N4O4S2/c1-27(24,25)19-8-2-7-18-17(23)20-15-5-3-14(4-6-15)13-16(22)21-9-11-26-12-10-21/h3-6,19H,2,7-13H2,1H3,(H2,18,20,23). The van der Waals surface area contributed by atoms with E-state index < -0.39 is 10.0 Å². The Morgan fingerprint density at radius 3 is 2.41 bits per heavy atom. The molecule has 10 heteroatoms. The first-order valence-electron chi connectivity index (χ1n) is 8.77. The Kier molecular flexibility index (Phi) is 8.39. The molecular formula is C17H26N4O4S2. The number of benzene rings is 1. The molecule has 0 unspecified atom stereocenters. The third-order valence-electron chi connectivity index (χ3n) is 3.93. The van der Waals surface area contributed by atoms with Crippen LogP contribution in [-0.2, 0) is 21.2 Å². The van der Waals surface area contributed by atoms with E-state index >= 15 is 0 Å². The summed E-state index contributed by atoms with van der Waals surface area (Å²) in [7, 11) is -3.20. The van der Waals surface area contributed by atoms with Crippen LogP contribution in [-0.4, -0.2) is 69.2 Å². The van der Waals surface area contributed by atoms with Crippen molar-refractivity contribution in [2.75, 3.05) is 49.3 Å². The average molecular weight is 415 g/mol. The summed E-state index contributed by atoms with van der Waals surface area (Å²) >= 11 is 1.87. The highest BCUT2D eigenvalue weighted by Gasteiger charge is 2.16. The Morgan fingerprint density at radius 1 is 1.11 bits per heavy atom. The van der Waals surface area contributed by atoms with Gasteiger partial charge in [-0.2, -0.15) is 11.8 Å². The number of sulfonamides is 1. The normalized spacial score (nSPS) is 14.6. The maximum atomic E-state index is 12.3. The van der Waals surface area contributed by atoms with Crippen molar-refractivity contribution >= 4 is 39.4 Å². The van der Waals surface area contributed by atoms with Crippen LogP contribution in [0.15, 0.2) is 24.3 Å². The molecule has 0 radical (unpaired) electrons. The monoisotopic (exact) mass is 414 g/mol. The molecule has 3 amide bonds. The van der Waals surface area contributed by atoms with Gasteiger partial charge in [0.1, 0.15) is 0 Å². The van der Waals surface area contributed by atoms with Crippen LogP contribution in [0.4, 0.5) is 10.5 Å². The first kappa shape index (κ1) is 21.5. The van der Waals surface area contributed by atoms with Crippen molar-refractivity contribution in [3.05, 3.63) is 29.8 Å². The molecule has 27 heavy (non-hydrogen) atoms. The summed E-state index contributed by atoms with van der Waals surface area (Å²) in [4.78, 5) is 26.0. The van der Waals surface area contributed by atoms with Gasteiger partial charge in [0.15, 0.2) is 0 Å². The summed E-state index contributed by atoms with van der Waals surface area (Å²) in [6, 6.07) is 6.84. The van der Waals surface area contributed by atoms with E-state index in [9.17, 15) is 18.0 Å². The second kappa shape index (κ2) is 10.5. The number of amides is 3. The molecule has 1 saturated heterocycles. The van der Waals surface area contributed by atoms with Crippen LogP contribution >= 0.6 is 11.8 Å². The third-order valence-corrected chi connectivity index (χ3v) is 5.61. The van der Waals surface area contributed by atoms with Crippen molar-refractivity contribution in [3.8, 4) is 0 Å². The van der Waals surface area contributed by atoms with E-state index in [4.69, 9.17) is 0 Å². The van der Waals surface area contributed by atoms with Gasteiger partial charge >= 0.3 is 6.03 Å². The van der Waals surface area contributed by atoms with Crippen molar-refractivity contribution in [1.82, 2.24) is 14.9 Å². The van der Waals surface area contributed by atoms with Crippen molar-refractivity contribution in [2.45, 2.75) is 12.8 Å². The first-order valence-corrected chi connectivity index (χ1v) is 11.8. The largest absolute Gasteiger partial charge is 0.341 e. The molecule has 1 aliphatic rings. The lowest BCUT2D eigenvalue weighted by Gasteiger charge is -2.26. The van der Waals surface area contributed by atoms with Crippen LogP contribution in [0.25, 0.3) is 0 Å². The Bertz CT molecular complexity index is 732. The van der Waals surface area contributed by atoms with E-state index in [0.717, 1.165) is 36.4 Å². The van der Waals surface area contributed by atoms with Crippen molar-refractivity contribution < 1.29 is 18.0 Å². The number of hydrogen-bond donors (Lipinski definition) is 3. The smallest absolute Gasteiger partial charge is 0.319 e. The second-order valence-electron chi connectivity index (χ2n) is 6.27. The number of hydrogen-bond acceptors (Lipinski definition) is 5. The van der Waals surface area contributed by atoms with E-state index in [1.807, 2.05) is 28.8 Å². The van der Waals surface area contributed by atoms with Crippen molar-refractivity contribution in [2.24, 2.45) is 0 Å². The number of anilines is 1. The van der Waals surface area contributed by atoms with E-state index in [-0.39, 0.29) is 18.5 Å². The van der Waals surface area contributed by atoms with Gasteiger partial charge in [-0.05, 0) is 24.1 Å². The predicted octanol–water partition coefficient (Wildman–Crippen LogP) is 0.865. The zero-order chi connectivity index (χ0) is 19.7. The number of urea groups is 1. The molecule has 0 aliphatic carbocycles. The fourth-order valence-corrected chi connectivity index (χ4v) is 3.95. The zero-order valence-corrected chi connectivity index (χ0v) is 17.0. The quantitative estimate of drug-likeness (QED) is 0.547. The minimum Gasteiger partial charge on any atom is -0.341 e. The lowest BCUT2D eigenvalue weighted by atomic mass is 10.1. The Morgan fingerprint density at radius 2 is 1.78 bits per heavy atom. The topological polar surface area (TPSA) is 108 Å². The number of nitrogens with one attached hydrogen (secondary N) is 3. The van der Waals surface area contributed by atoms with Crippen molar-refractivity contribution in [3.63, 3.8) is 0 Å². The summed E-state index contributed by atoms with van der Waals surface area (Å²) in [6.07, 6.45) is 1.96. The van der Waals surface area contributed by atoms with Gasteiger partial charge in [-0.1, -0.05) is 12.1 Å².